The third-order valence-electron chi connectivity index (χ3n) is 2.60. The zero-order valence-electron chi connectivity index (χ0n) is 8.94. The van der Waals surface area contributed by atoms with Crippen LogP contribution >= 0.6 is 0 Å². The van der Waals surface area contributed by atoms with Crippen molar-refractivity contribution < 1.29 is 9.90 Å². The summed E-state index contributed by atoms with van der Waals surface area (Å²) in [6.07, 6.45) is 2.24. The van der Waals surface area contributed by atoms with Crippen LogP contribution in [0.1, 0.15) is 31.7 Å². The van der Waals surface area contributed by atoms with E-state index in [9.17, 15) is 9.90 Å². The van der Waals surface area contributed by atoms with Crippen LogP contribution in [-0.2, 0) is 10.3 Å². The minimum absolute atomic E-state index is 0.475. The zero-order valence-corrected chi connectivity index (χ0v) is 8.94. The summed E-state index contributed by atoms with van der Waals surface area (Å²) in [4.78, 5) is 11.2. The van der Waals surface area contributed by atoms with Crippen molar-refractivity contribution in [2.45, 2.75) is 31.7 Å². The Morgan fingerprint density at radius 3 is 2.47 bits per heavy atom. The standard InChI is InChI=1S/C12H17NO2/c1-2-3-9-12(13,11(14)15)10-7-5-4-6-8-10/h4-8H,2-3,9,13H2,1H3,(H,14,15)/t12-/m0/s1. The predicted molar refractivity (Wildman–Crippen MR) is 59.5 cm³/mol. The van der Waals surface area contributed by atoms with Crippen LogP contribution in [0.15, 0.2) is 30.3 Å². The van der Waals surface area contributed by atoms with Gasteiger partial charge in [-0.15, -0.1) is 0 Å². The first kappa shape index (κ1) is 11.7. The molecule has 82 valence electrons. The average molecular weight is 207 g/mol. The highest BCUT2D eigenvalue weighted by atomic mass is 16.4. The number of nitrogens with two attached hydrogens (primary N) is 1. The third-order valence-corrected chi connectivity index (χ3v) is 2.60. The van der Waals surface area contributed by atoms with Gasteiger partial charge in [0.2, 0.25) is 0 Å². The summed E-state index contributed by atoms with van der Waals surface area (Å²) < 4.78 is 0. The summed E-state index contributed by atoms with van der Waals surface area (Å²) >= 11 is 0. The molecule has 0 radical (unpaired) electrons. The molecule has 0 amide bonds. The Labute approximate surface area is 89.9 Å². The summed E-state index contributed by atoms with van der Waals surface area (Å²) in [7, 11) is 0. The summed E-state index contributed by atoms with van der Waals surface area (Å²) in [6, 6.07) is 9.01. The quantitative estimate of drug-likeness (QED) is 0.777. The van der Waals surface area contributed by atoms with Crippen LogP contribution in [0.4, 0.5) is 0 Å². The molecule has 3 nitrogen and oxygen atoms in total. The summed E-state index contributed by atoms with van der Waals surface area (Å²) in [6.45, 7) is 2.02. The molecule has 15 heavy (non-hydrogen) atoms. The van der Waals surface area contributed by atoms with Crippen LogP contribution < -0.4 is 5.73 Å². The van der Waals surface area contributed by atoms with Crippen molar-refractivity contribution in [3.8, 4) is 0 Å². The Balaban J connectivity index is 2.96. The molecule has 0 unspecified atom stereocenters. The van der Waals surface area contributed by atoms with Crippen molar-refractivity contribution in [2.24, 2.45) is 5.73 Å². The van der Waals surface area contributed by atoms with E-state index in [4.69, 9.17) is 5.73 Å². The molecule has 1 aromatic carbocycles. The molecular formula is C12H17NO2. The molecule has 0 aromatic heterocycles. The third kappa shape index (κ3) is 2.57. The van der Waals surface area contributed by atoms with Gasteiger partial charge in [-0.25, -0.2) is 4.79 Å². The second-order valence-electron chi connectivity index (χ2n) is 3.75. The second kappa shape index (κ2) is 4.94. The Kier molecular flexibility index (Phi) is 3.86. The first-order chi connectivity index (χ1) is 7.11. The fourth-order valence-electron chi connectivity index (χ4n) is 1.57. The Morgan fingerprint density at radius 1 is 1.40 bits per heavy atom. The molecule has 0 fully saturated rings. The number of hydrogen-bond donors (Lipinski definition) is 2. The fourth-order valence-corrected chi connectivity index (χ4v) is 1.57. The molecule has 1 aromatic rings. The smallest absolute Gasteiger partial charge is 0.328 e. The largest absolute Gasteiger partial charge is 0.480 e. The highest BCUT2D eigenvalue weighted by Gasteiger charge is 2.34. The minimum atomic E-state index is -1.24. The monoisotopic (exact) mass is 207 g/mol. The number of benzene rings is 1. The lowest BCUT2D eigenvalue weighted by molar-refractivity contribution is -0.144. The van der Waals surface area contributed by atoms with Gasteiger partial charge in [0, 0.05) is 0 Å². The van der Waals surface area contributed by atoms with Crippen LogP contribution in [0.2, 0.25) is 0 Å². The molecule has 3 heteroatoms. The van der Waals surface area contributed by atoms with Crippen LogP contribution in [0.25, 0.3) is 0 Å². The van der Waals surface area contributed by atoms with Crippen molar-refractivity contribution in [1.29, 1.82) is 0 Å². The highest BCUT2D eigenvalue weighted by Crippen LogP contribution is 2.24. The molecule has 0 bridgehead atoms. The van der Waals surface area contributed by atoms with E-state index in [2.05, 4.69) is 0 Å². The first-order valence-corrected chi connectivity index (χ1v) is 5.19. The van der Waals surface area contributed by atoms with Gasteiger partial charge >= 0.3 is 5.97 Å². The Bertz CT molecular complexity index is 324. The van der Waals surface area contributed by atoms with Crippen molar-refractivity contribution in [3.05, 3.63) is 35.9 Å². The van der Waals surface area contributed by atoms with Crippen molar-refractivity contribution in [3.63, 3.8) is 0 Å². The molecule has 0 aliphatic heterocycles. The second-order valence-corrected chi connectivity index (χ2v) is 3.75. The number of rotatable bonds is 5. The summed E-state index contributed by atoms with van der Waals surface area (Å²) in [5, 5.41) is 9.19. The van der Waals surface area contributed by atoms with Crippen molar-refractivity contribution in [1.82, 2.24) is 0 Å². The van der Waals surface area contributed by atoms with E-state index in [1.807, 2.05) is 25.1 Å². The molecule has 0 saturated heterocycles. The van der Waals surface area contributed by atoms with Gasteiger partial charge in [0.1, 0.15) is 5.54 Å². The number of hydrogen-bond acceptors (Lipinski definition) is 2. The maximum atomic E-state index is 11.2. The molecule has 3 N–H and O–H groups in total. The van der Waals surface area contributed by atoms with E-state index in [0.717, 1.165) is 12.8 Å². The molecule has 0 aliphatic carbocycles. The van der Waals surface area contributed by atoms with Crippen LogP contribution in [0, 0.1) is 0 Å². The average Bonchev–Trinajstić information content (AvgIpc) is 2.27. The molecule has 0 saturated carbocycles. The number of carboxylic acid groups (broad SMARTS) is 1. The number of carbonyl (C=O) groups is 1. The van der Waals surface area contributed by atoms with E-state index in [1.165, 1.54) is 0 Å². The van der Waals surface area contributed by atoms with Crippen LogP contribution in [-0.4, -0.2) is 11.1 Å². The Hall–Kier alpha value is -1.35. The first-order valence-electron chi connectivity index (χ1n) is 5.19. The SMILES string of the molecule is CCCC[C@@](N)(C(=O)O)c1ccccc1. The topological polar surface area (TPSA) is 63.3 Å². The van der Waals surface area contributed by atoms with E-state index >= 15 is 0 Å². The van der Waals surface area contributed by atoms with Crippen LogP contribution in [0.5, 0.6) is 0 Å². The normalized spacial score (nSPS) is 14.5. The Morgan fingerprint density at radius 2 is 2.00 bits per heavy atom. The van der Waals surface area contributed by atoms with E-state index in [1.54, 1.807) is 12.1 Å². The van der Waals surface area contributed by atoms with Crippen molar-refractivity contribution in [2.75, 3.05) is 0 Å². The molecule has 0 spiro atoms. The maximum Gasteiger partial charge on any atom is 0.328 e. The summed E-state index contributed by atoms with van der Waals surface area (Å²) in [5.41, 5.74) is 5.38. The lowest BCUT2D eigenvalue weighted by Gasteiger charge is -2.24. The molecule has 1 rings (SSSR count). The molecule has 0 aliphatic rings. The number of carboxylic acids is 1. The molecule has 0 heterocycles. The van der Waals surface area contributed by atoms with E-state index in [0.29, 0.717) is 12.0 Å². The lowest BCUT2D eigenvalue weighted by atomic mass is 9.86. The molecular weight excluding hydrogens is 190 g/mol. The van der Waals surface area contributed by atoms with Gasteiger partial charge in [0.25, 0.3) is 0 Å². The maximum absolute atomic E-state index is 11.2. The van der Waals surface area contributed by atoms with Gasteiger partial charge in [-0.2, -0.15) is 0 Å². The lowest BCUT2D eigenvalue weighted by Crippen LogP contribution is -2.44. The zero-order chi connectivity index (χ0) is 11.3. The van der Waals surface area contributed by atoms with Crippen molar-refractivity contribution >= 4 is 5.97 Å². The fraction of sp³-hybridized carbons (Fsp3) is 0.417. The van der Waals surface area contributed by atoms with Gasteiger partial charge in [0.15, 0.2) is 0 Å². The number of unbranched alkanes of at least 4 members (excludes halogenated alkanes) is 1. The predicted octanol–water partition coefficient (Wildman–Crippen LogP) is 2.12. The van der Waals surface area contributed by atoms with E-state index in [-0.39, 0.29) is 0 Å². The van der Waals surface area contributed by atoms with Gasteiger partial charge in [-0.05, 0) is 12.0 Å². The van der Waals surface area contributed by atoms with Gasteiger partial charge < -0.3 is 10.8 Å². The van der Waals surface area contributed by atoms with Gasteiger partial charge in [0.05, 0.1) is 0 Å². The van der Waals surface area contributed by atoms with Gasteiger partial charge in [-0.1, -0.05) is 50.1 Å². The summed E-state index contributed by atoms with van der Waals surface area (Å²) in [5.74, 6) is -0.956. The highest BCUT2D eigenvalue weighted by molar-refractivity contribution is 5.80. The molecule has 1 atom stereocenters. The van der Waals surface area contributed by atoms with Crippen LogP contribution in [0.3, 0.4) is 0 Å². The minimum Gasteiger partial charge on any atom is -0.480 e. The van der Waals surface area contributed by atoms with Gasteiger partial charge in [-0.3, -0.25) is 0 Å². The number of aliphatic carboxylic acids is 1. The van der Waals surface area contributed by atoms with E-state index < -0.39 is 11.5 Å².